The predicted octanol–water partition coefficient (Wildman–Crippen LogP) is -0.171. The highest BCUT2D eigenvalue weighted by Gasteiger charge is 2.30. The predicted molar refractivity (Wildman–Crippen MR) is 53.3 cm³/mol. The first-order valence-electron chi connectivity index (χ1n) is 5.07. The quantitative estimate of drug-likeness (QED) is 0.712. The van der Waals surface area contributed by atoms with Crippen molar-refractivity contribution in [1.29, 1.82) is 0 Å². The van der Waals surface area contributed by atoms with E-state index < -0.39 is 12.2 Å². The van der Waals surface area contributed by atoms with E-state index in [0.717, 1.165) is 11.5 Å². The first-order valence-corrected chi connectivity index (χ1v) is 5.07. The van der Waals surface area contributed by atoms with Crippen LogP contribution in [0.3, 0.4) is 0 Å². The van der Waals surface area contributed by atoms with Crippen LogP contribution in [0, 0.1) is 13.8 Å². The van der Waals surface area contributed by atoms with Gasteiger partial charge in [-0.05, 0) is 13.8 Å². The molecule has 84 valence electrons. The lowest BCUT2D eigenvalue weighted by Gasteiger charge is -2.10. The molecule has 0 bridgehead atoms. The van der Waals surface area contributed by atoms with Gasteiger partial charge in [0, 0.05) is 13.1 Å². The highest BCUT2D eigenvalue weighted by Crippen LogP contribution is 2.15. The van der Waals surface area contributed by atoms with Gasteiger partial charge >= 0.3 is 0 Å². The van der Waals surface area contributed by atoms with Crippen molar-refractivity contribution in [1.82, 2.24) is 9.88 Å². The van der Waals surface area contributed by atoms with Crippen LogP contribution in [-0.2, 0) is 6.54 Å². The highest BCUT2D eigenvalue weighted by molar-refractivity contribution is 5.05. The van der Waals surface area contributed by atoms with E-state index in [-0.39, 0.29) is 0 Å². The molecule has 5 heteroatoms. The number of rotatable bonds is 2. The second-order valence-electron chi connectivity index (χ2n) is 4.08. The van der Waals surface area contributed by atoms with Crippen LogP contribution in [0.4, 0.5) is 0 Å². The third-order valence-electron chi connectivity index (χ3n) is 2.77. The van der Waals surface area contributed by atoms with Gasteiger partial charge < -0.3 is 14.6 Å². The summed E-state index contributed by atoms with van der Waals surface area (Å²) in [4.78, 5) is 6.18. The van der Waals surface area contributed by atoms with Crippen molar-refractivity contribution >= 4 is 0 Å². The first kappa shape index (κ1) is 10.6. The summed E-state index contributed by atoms with van der Waals surface area (Å²) in [5.41, 5.74) is 0.894. The Morgan fingerprint density at radius 1 is 1.33 bits per heavy atom. The molecular formula is C10H16N2O3. The largest absolute Gasteiger partial charge is 0.444 e. The molecule has 0 amide bonds. The summed E-state index contributed by atoms with van der Waals surface area (Å²) in [7, 11) is 0. The van der Waals surface area contributed by atoms with Crippen molar-refractivity contribution in [3.63, 3.8) is 0 Å². The Morgan fingerprint density at radius 3 is 2.40 bits per heavy atom. The number of hydrogen-bond acceptors (Lipinski definition) is 5. The minimum atomic E-state index is -0.651. The molecule has 15 heavy (non-hydrogen) atoms. The van der Waals surface area contributed by atoms with Crippen LogP contribution in [0.1, 0.15) is 17.3 Å². The number of aryl methyl sites for hydroxylation is 2. The highest BCUT2D eigenvalue weighted by atomic mass is 16.4. The van der Waals surface area contributed by atoms with Gasteiger partial charge in [-0.2, -0.15) is 0 Å². The Kier molecular flexibility index (Phi) is 2.77. The zero-order chi connectivity index (χ0) is 11.0. The van der Waals surface area contributed by atoms with Crippen molar-refractivity contribution in [2.45, 2.75) is 32.6 Å². The molecule has 2 rings (SSSR count). The van der Waals surface area contributed by atoms with E-state index in [1.165, 1.54) is 0 Å². The lowest BCUT2D eigenvalue weighted by Crippen LogP contribution is -2.22. The maximum atomic E-state index is 9.36. The number of aromatic nitrogens is 1. The van der Waals surface area contributed by atoms with Crippen LogP contribution in [-0.4, -0.2) is 45.4 Å². The van der Waals surface area contributed by atoms with E-state index in [1.54, 1.807) is 0 Å². The van der Waals surface area contributed by atoms with E-state index in [2.05, 4.69) is 4.98 Å². The van der Waals surface area contributed by atoms with Gasteiger partial charge in [0.05, 0.1) is 24.4 Å². The lowest BCUT2D eigenvalue weighted by atomic mass is 10.3. The molecule has 0 radical (unpaired) electrons. The number of oxazole rings is 1. The van der Waals surface area contributed by atoms with Crippen LogP contribution >= 0.6 is 0 Å². The molecule has 2 heterocycles. The number of β-amino-alcohol motifs (C(OH)–C–C–N with tert-alkyl or cyclic N) is 2. The molecule has 0 spiro atoms. The van der Waals surface area contributed by atoms with Crippen molar-refractivity contribution in [2.24, 2.45) is 0 Å². The van der Waals surface area contributed by atoms with Gasteiger partial charge in [-0.25, -0.2) is 4.98 Å². The SMILES string of the molecule is Cc1nc(CN2C[C@@H](O)[C@@H](O)C2)oc1C. The van der Waals surface area contributed by atoms with Crippen LogP contribution in [0.15, 0.2) is 4.42 Å². The molecule has 5 nitrogen and oxygen atoms in total. The fourth-order valence-corrected chi connectivity index (χ4v) is 1.77. The Bertz CT molecular complexity index is 321. The number of hydrogen-bond donors (Lipinski definition) is 2. The van der Waals surface area contributed by atoms with Gasteiger partial charge in [-0.15, -0.1) is 0 Å². The van der Waals surface area contributed by atoms with Crippen LogP contribution in [0.2, 0.25) is 0 Å². The fourth-order valence-electron chi connectivity index (χ4n) is 1.77. The Hall–Kier alpha value is -0.910. The van der Waals surface area contributed by atoms with Crippen molar-refractivity contribution in [3.05, 3.63) is 17.3 Å². The fraction of sp³-hybridized carbons (Fsp3) is 0.700. The van der Waals surface area contributed by atoms with Gasteiger partial charge in [0.1, 0.15) is 5.76 Å². The standard InChI is InChI=1S/C10H16N2O3/c1-6-7(2)15-10(11-6)5-12-3-8(13)9(14)4-12/h8-9,13-14H,3-5H2,1-2H3/t8-,9+. The summed E-state index contributed by atoms with van der Waals surface area (Å²) >= 11 is 0. The van der Waals surface area contributed by atoms with E-state index in [1.807, 2.05) is 18.7 Å². The molecule has 0 unspecified atom stereocenters. The number of aliphatic hydroxyl groups is 2. The van der Waals surface area contributed by atoms with Crippen LogP contribution in [0.25, 0.3) is 0 Å². The van der Waals surface area contributed by atoms with Gasteiger partial charge in [0.25, 0.3) is 0 Å². The molecule has 1 aromatic heterocycles. The lowest BCUT2D eigenvalue weighted by molar-refractivity contribution is 0.0572. The maximum Gasteiger partial charge on any atom is 0.208 e. The van der Waals surface area contributed by atoms with Crippen molar-refractivity contribution < 1.29 is 14.6 Å². The second kappa shape index (κ2) is 3.92. The molecular weight excluding hydrogens is 196 g/mol. The normalized spacial score (nSPS) is 27.5. The molecule has 2 atom stereocenters. The molecule has 1 aliphatic rings. The summed E-state index contributed by atoms with van der Waals surface area (Å²) in [6.07, 6.45) is -1.30. The van der Waals surface area contributed by atoms with Gasteiger partial charge in [-0.3, -0.25) is 4.90 Å². The molecule has 0 aromatic carbocycles. The van der Waals surface area contributed by atoms with Gasteiger partial charge in [-0.1, -0.05) is 0 Å². The zero-order valence-electron chi connectivity index (χ0n) is 8.97. The molecule has 0 aliphatic carbocycles. The summed E-state index contributed by atoms with van der Waals surface area (Å²) in [6.45, 7) is 5.27. The molecule has 1 aromatic rings. The van der Waals surface area contributed by atoms with Gasteiger partial charge in [0.15, 0.2) is 0 Å². The van der Waals surface area contributed by atoms with Crippen molar-refractivity contribution in [2.75, 3.05) is 13.1 Å². The maximum absolute atomic E-state index is 9.36. The number of likely N-dealkylation sites (tertiary alicyclic amines) is 1. The molecule has 0 saturated carbocycles. The summed E-state index contributed by atoms with van der Waals surface area (Å²) < 4.78 is 5.43. The van der Waals surface area contributed by atoms with Gasteiger partial charge in [0.2, 0.25) is 5.89 Å². The Balaban J connectivity index is 1.98. The average Bonchev–Trinajstić information content (AvgIpc) is 2.59. The molecule has 2 N–H and O–H groups in total. The summed E-state index contributed by atoms with van der Waals surface area (Å²) in [5, 5.41) is 18.7. The summed E-state index contributed by atoms with van der Waals surface area (Å²) in [6, 6.07) is 0. The topological polar surface area (TPSA) is 69.7 Å². The Labute approximate surface area is 88.3 Å². The zero-order valence-corrected chi connectivity index (χ0v) is 8.97. The average molecular weight is 212 g/mol. The number of aliphatic hydroxyl groups excluding tert-OH is 2. The molecule has 1 fully saturated rings. The molecule has 1 aliphatic heterocycles. The smallest absolute Gasteiger partial charge is 0.208 e. The first-order chi connectivity index (χ1) is 7.06. The van der Waals surface area contributed by atoms with E-state index in [4.69, 9.17) is 4.42 Å². The van der Waals surface area contributed by atoms with E-state index in [9.17, 15) is 10.2 Å². The molecule has 1 saturated heterocycles. The second-order valence-corrected chi connectivity index (χ2v) is 4.08. The van der Waals surface area contributed by atoms with Crippen molar-refractivity contribution in [3.8, 4) is 0 Å². The van der Waals surface area contributed by atoms with Crippen LogP contribution < -0.4 is 0 Å². The summed E-state index contributed by atoms with van der Waals surface area (Å²) in [5.74, 6) is 1.47. The van der Waals surface area contributed by atoms with Crippen LogP contribution in [0.5, 0.6) is 0 Å². The monoisotopic (exact) mass is 212 g/mol. The number of nitrogens with zero attached hydrogens (tertiary/aromatic N) is 2. The minimum Gasteiger partial charge on any atom is -0.444 e. The Morgan fingerprint density at radius 2 is 1.93 bits per heavy atom. The third-order valence-corrected chi connectivity index (χ3v) is 2.77. The third kappa shape index (κ3) is 2.19. The minimum absolute atomic E-state index is 0.474. The van der Waals surface area contributed by atoms with E-state index in [0.29, 0.717) is 25.5 Å². The van der Waals surface area contributed by atoms with E-state index >= 15 is 0 Å².